The van der Waals surface area contributed by atoms with E-state index in [1.807, 2.05) is 6.92 Å². The third-order valence-corrected chi connectivity index (χ3v) is 4.05. The molecule has 0 radical (unpaired) electrons. The number of amides is 1. The summed E-state index contributed by atoms with van der Waals surface area (Å²) in [5.74, 6) is 0.737. The van der Waals surface area contributed by atoms with Crippen LogP contribution in [-0.4, -0.2) is 24.0 Å². The summed E-state index contributed by atoms with van der Waals surface area (Å²) in [7, 11) is 0. The lowest BCUT2D eigenvalue weighted by atomic mass is 9.95. The van der Waals surface area contributed by atoms with Crippen LogP contribution in [0.1, 0.15) is 66.2 Å². The fourth-order valence-electron chi connectivity index (χ4n) is 2.75. The smallest absolute Gasteiger partial charge is 0.237 e. The summed E-state index contributed by atoms with van der Waals surface area (Å²) in [5, 5.41) is 6.63. The number of nitrogens with one attached hydrogen (secondary N) is 2. The maximum atomic E-state index is 12.1. The van der Waals surface area contributed by atoms with Crippen molar-refractivity contribution in [2.75, 3.05) is 0 Å². The van der Waals surface area contributed by atoms with E-state index >= 15 is 0 Å². The van der Waals surface area contributed by atoms with Crippen LogP contribution in [0.4, 0.5) is 0 Å². The molecule has 1 fully saturated rings. The lowest BCUT2D eigenvalue weighted by Gasteiger charge is -2.28. The summed E-state index contributed by atoms with van der Waals surface area (Å²) < 4.78 is 0. The summed E-state index contributed by atoms with van der Waals surface area (Å²) in [6.45, 7) is 8.55. The van der Waals surface area contributed by atoms with Gasteiger partial charge in [0.2, 0.25) is 5.91 Å². The predicted octanol–water partition coefficient (Wildman–Crippen LogP) is 2.85. The molecule has 1 saturated carbocycles. The van der Waals surface area contributed by atoms with E-state index in [9.17, 15) is 4.79 Å². The highest BCUT2D eigenvalue weighted by molar-refractivity contribution is 5.81. The average molecular weight is 254 g/mol. The SMILES string of the molecule is CCC(NC(C)C(=O)NC1CCCCC1)C(C)C. The highest BCUT2D eigenvalue weighted by Gasteiger charge is 2.22. The van der Waals surface area contributed by atoms with E-state index < -0.39 is 0 Å². The van der Waals surface area contributed by atoms with E-state index in [0.717, 1.165) is 19.3 Å². The van der Waals surface area contributed by atoms with Gasteiger partial charge in [-0.1, -0.05) is 40.0 Å². The van der Waals surface area contributed by atoms with Crippen LogP contribution in [0.25, 0.3) is 0 Å². The monoisotopic (exact) mass is 254 g/mol. The second-order valence-electron chi connectivity index (χ2n) is 5.99. The van der Waals surface area contributed by atoms with Crippen molar-refractivity contribution in [2.24, 2.45) is 5.92 Å². The summed E-state index contributed by atoms with van der Waals surface area (Å²) in [6, 6.07) is 0.756. The molecule has 1 aliphatic carbocycles. The predicted molar refractivity (Wildman–Crippen MR) is 76.5 cm³/mol. The van der Waals surface area contributed by atoms with Crippen LogP contribution < -0.4 is 10.6 Å². The van der Waals surface area contributed by atoms with Crippen LogP contribution in [0.5, 0.6) is 0 Å². The summed E-state index contributed by atoms with van der Waals surface area (Å²) in [6.07, 6.45) is 7.22. The highest BCUT2D eigenvalue weighted by Crippen LogP contribution is 2.17. The third-order valence-electron chi connectivity index (χ3n) is 4.05. The van der Waals surface area contributed by atoms with Crippen molar-refractivity contribution in [1.29, 1.82) is 0 Å². The first kappa shape index (κ1) is 15.5. The molecule has 0 spiro atoms. The second-order valence-corrected chi connectivity index (χ2v) is 5.99. The van der Waals surface area contributed by atoms with Gasteiger partial charge < -0.3 is 10.6 Å². The molecule has 0 aromatic rings. The molecule has 3 heteroatoms. The number of hydrogen-bond acceptors (Lipinski definition) is 2. The third kappa shape index (κ3) is 4.97. The zero-order valence-corrected chi connectivity index (χ0v) is 12.5. The first-order valence-electron chi connectivity index (χ1n) is 7.61. The fraction of sp³-hybridized carbons (Fsp3) is 0.933. The largest absolute Gasteiger partial charge is 0.352 e. The zero-order chi connectivity index (χ0) is 13.5. The lowest BCUT2D eigenvalue weighted by Crippen LogP contribution is -2.50. The molecular weight excluding hydrogens is 224 g/mol. The van der Waals surface area contributed by atoms with E-state index in [0.29, 0.717) is 18.0 Å². The normalized spacial score (nSPS) is 20.7. The molecule has 1 aliphatic rings. The van der Waals surface area contributed by atoms with E-state index in [1.54, 1.807) is 0 Å². The van der Waals surface area contributed by atoms with Gasteiger partial charge in [0.15, 0.2) is 0 Å². The topological polar surface area (TPSA) is 41.1 Å². The van der Waals surface area contributed by atoms with Crippen molar-refractivity contribution < 1.29 is 4.79 Å². The maximum absolute atomic E-state index is 12.1. The molecule has 18 heavy (non-hydrogen) atoms. The molecule has 2 N–H and O–H groups in total. The Hall–Kier alpha value is -0.570. The van der Waals surface area contributed by atoms with Crippen LogP contribution in [-0.2, 0) is 4.79 Å². The Morgan fingerprint density at radius 1 is 1.17 bits per heavy atom. The fourth-order valence-corrected chi connectivity index (χ4v) is 2.75. The van der Waals surface area contributed by atoms with Crippen LogP contribution >= 0.6 is 0 Å². The van der Waals surface area contributed by atoms with Crippen molar-refractivity contribution in [1.82, 2.24) is 10.6 Å². The number of carbonyl (C=O) groups is 1. The molecule has 2 unspecified atom stereocenters. The summed E-state index contributed by atoms with van der Waals surface area (Å²) in [5.41, 5.74) is 0. The van der Waals surface area contributed by atoms with Gasteiger partial charge in [0.05, 0.1) is 6.04 Å². The Balaban J connectivity index is 2.35. The Bertz CT molecular complexity index is 247. The maximum Gasteiger partial charge on any atom is 0.237 e. The van der Waals surface area contributed by atoms with Crippen molar-refractivity contribution in [3.8, 4) is 0 Å². The van der Waals surface area contributed by atoms with Crippen LogP contribution in [0.15, 0.2) is 0 Å². The van der Waals surface area contributed by atoms with Gasteiger partial charge in [0, 0.05) is 12.1 Å². The van der Waals surface area contributed by atoms with E-state index in [1.165, 1.54) is 19.3 Å². The van der Waals surface area contributed by atoms with Crippen molar-refractivity contribution in [2.45, 2.75) is 84.3 Å². The van der Waals surface area contributed by atoms with Gasteiger partial charge in [-0.15, -0.1) is 0 Å². The summed E-state index contributed by atoms with van der Waals surface area (Å²) in [4.78, 5) is 12.1. The minimum absolute atomic E-state index is 0.0840. The zero-order valence-electron chi connectivity index (χ0n) is 12.5. The first-order valence-corrected chi connectivity index (χ1v) is 7.61. The standard InChI is InChI=1S/C15H30N2O/c1-5-14(11(2)3)16-12(4)15(18)17-13-9-7-6-8-10-13/h11-14,16H,5-10H2,1-4H3,(H,17,18). The number of carbonyl (C=O) groups excluding carboxylic acids is 1. The minimum atomic E-state index is -0.0840. The number of rotatable bonds is 6. The Labute approximate surface area is 112 Å². The van der Waals surface area contributed by atoms with Crippen molar-refractivity contribution in [3.05, 3.63) is 0 Å². The number of hydrogen-bond donors (Lipinski definition) is 2. The first-order chi connectivity index (χ1) is 8.54. The van der Waals surface area contributed by atoms with Crippen LogP contribution in [0.2, 0.25) is 0 Å². The molecule has 0 heterocycles. The lowest BCUT2D eigenvalue weighted by molar-refractivity contribution is -0.124. The van der Waals surface area contributed by atoms with E-state index in [-0.39, 0.29) is 11.9 Å². The summed E-state index contributed by atoms with van der Waals surface area (Å²) >= 11 is 0. The average Bonchev–Trinajstić information content (AvgIpc) is 2.36. The molecule has 1 rings (SSSR count). The molecule has 0 aliphatic heterocycles. The molecule has 1 amide bonds. The van der Waals surface area contributed by atoms with Crippen LogP contribution in [0, 0.1) is 5.92 Å². The molecule has 0 saturated heterocycles. The molecule has 2 atom stereocenters. The van der Waals surface area contributed by atoms with E-state index in [4.69, 9.17) is 0 Å². The quantitative estimate of drug-likeness (QED) is 0.765. The molecule has 106 valence electrons. The van der Waals surface area contributed by atoms with Gasteiger partial charge in [0.1, 0.15) is 0 Å². The van der Waals surface area contributed by atoms with Gasteiger partial charge >= 0.3 is 0 Å². The van der Waals surface area contributed by atoms with Gasteiger partial charge in [-0.25, -0.2) is 0 Å². The van der Waals surface area contributed by atoms with Crippen LogP contribution in [0.3, 0.4) is 0 Å². The molecular formula is C15H30N2O. The van der Waals surface area contributed by atoms with E-state index in [2.05, 4.69) is 31.4 Å². The van der Waals surface area contributed by atoms with Gasteiger partial charge in [-0.05, 0) is 32.1 Å². The van der Waals surface area contributed by atoms with Crippen molar-refractivity contribution >= 4 is 5.91 Å². The molecule has 0 bridgehead atoms. The Kier molecular flexibility index (Phi) is 6.69. The molecule has 0 aromatic heterocycles. The van der Waals surface area contributed by atoms with Gasteiger partial charge in [-0.3, -0.25) is 4.79 Å². The van der Waals surface area contributed by atoms with Gasteiger partial charge in [-0.2, -0.15) is 0 Å². The Morgan fingerprint density at radius 2 is 1.78 bits per heavy atom. The minimum Gasteiger partial charge on any atom is -0.352 e. The van der Waals surface area contributed by atoms with Crippen molar-refractivity contribution in [3.63, 3.8) is 0 Å². The highest BCUT2D eigenvalue weighted by atomic mass is 16.2. The Morgan fingerprint density at radius 3 is 2.28 bits per heavy atom. The molecule has 3 nitrogen and oxygen atoms in total. The second kappa shape index (κ2) is 7.78. The molecule has 0 aromatic carbocycles. The van der Waals surface area contributed by atoms with Gasteiger partial charge in [0.25, 0.3) is 0 Å².